The standard InChI is InChI=1S/C15H22O3/c1-10(7-8-16)5-6-12-11(2)14(18)13(17)9-15(12,3)4/h7,13-14,16-18H,8-9H2,1-4H3. The zero-order valence-electron chi connectivity index (χ0n) is 11.5. The van der Waals surface area contributed by atoms with Gasteiger partial charge in [-0.25, -0.2) is 0 Å². The molecule has 2 unspecified atom stereocenters. The number of hydrogen-bond acceptors (Lipinski definition) is 3. The molecule has 0 aliphatic heterocycles. The largest absolute Gasteiger partial charge is 0.392 e. The van der Waals surface area contributed by atoms with Crippen molar-refractivity contribution in [1.29, 1.82) is 0 Å². The van der Waals surface area contributed by atoms with Gasteiger partial charge in [0.15, 0.2) is 0 Å². The maximum atomic E-state index is 9.89. The fraction of sp³-hybridized carbons (Fsp3) is 0.600. The van der Waals surface area contributed by atoms with Gasteiger partial charge in [-0.15, -0.1) is 0 Å². The minimum absolute atomic E-state index is 0.0245. The Morgan fingerprint density at radius 2 is 2.06 bits per heavy atom. The topological polar surface area (TPSA) is 60.7 Å². The summed E-state index contributed by atoms with van der Waals surface area (Å²) in [4.78, 5) is 0. The Kier molecular flexibility index (Phi) is 4.75. The van der Waals surface area contributed by atoms with Crippen LogP contribution in [0.2, 0.25) is 0 Å². The quantitative estimate of drug-likeness (QED) is 0.616. The first-order chi connectivity index (χ1) is 8.29. The van der Waals surface area contributed by atoms with Gasteiger partial charge in [0.25, 0.3) is 0 Å². The van der Waals surface area contributed by atoms with Crippen molar-refractivity contribution in [3.05, 3.63) is 22.8 Å². The van der Waals surface area contributed by atoms with E-state index in [-0.39, 0.29) is 12.0 Å². The van der Waals surface area contributed by atoms with Crippen molar-refractivity contribution in [1.82, 2.24) is 0 Å². The zero-order valence-corrected chi connectivity index (χ0v) is 11.5. The third kappa shape index (κ3) is 3.23. The lowest BCUT2D eigenvalue weighted by molar-refractivity contribution is 0.00721. The summed E-state index contributed by atoms with van der Waals surface area (Å²) in [5, 5.41) is 28.4. The highest BCUT2D eigenvalue weighted by Crippen LogP contribution is 2.39. The van der Waals surface area contributed by atoms with Crippen molar-refractivity contribution >= 4 is 0 Å². The summed E-state index contributed by atoms with van der Waals surface area (Å²) in [6.45, 7) is 7.65. The van der Waals surface area contributed by atoms with Gasteiger partial charge in [-0.2, -0.15) is 0 Å². The van der Waals surface area contributed by atoms with E-state index in [4.69, 9.17) is 5.11 Å². The molecule has 0 amide bonds. The highest BCUT2D eigenvalue weighted by molar-refractivity contribution is 5.45. The molecule has 0 radical (unpaired) electrons. The zero-order chi connectivity index (χ0) is 13.9. The Morgan fingerprint density at radius 1 is 1.44 bits per heavy atom. The summed E-state index contributed by atoms with van der Waals surface area (Å²) in [5.41, 5.74) is 2.18. The van der Waals surface area contributed by atoms with Crippen LogP contribution < -0.4 is 0 Å². The van der Waals surface area contributed by atoms with Crippen LogP contribution in [0.1, 0.15) is 34.1 Å². The molecule has 0 saturated heterocycles. The molecule has 3 heteroatoms. The molecule has 0 aromatic carbocycles. The van der Waals surface area contributed by atoms with E-state index in [1.54, 1.807) is 6.08 Å². The molecule has 0 heterocycles. The number of rotatable bonds is 1. The average molecular weight is 250 g/mol. The molecule has 3 N–H and O–H groups in total. The molecule has 0 saturated carbocycles. The molecular weight excluding hydrogens is 228 g/mol. The summed E-state index contributed by atoms with van der Waals surface area (Å²) in [5.74, 6) is 6.05. The minimum atomic E-state index is -0.829. The van der Waals surface area contributed by atoms with Crippen LogP contribution in [0, 0.1) is 17.3 Å². The lowest BCUT2D eigenvalue weighted by atomic mass is 9.71. The van der Waals surface area contributed by atoms with E-state index in [0.717, 1.165) is 16.7 Å². The third-order valence-electron chi connectivity index (χ3n) is 3.38. The van der Waals surface area contributed by atoms with Crippen molar-refractivity contribution in [2.45, 2.75) is 46.3 Å². The van der Waals surface area contributed by atoms with Crippen LogP contribution in [0.15, 0.2) is 22.8 Å². The molecule has 0 aromatic heterocycles. The lowest BCUT2D eigenvalue weighted by Gasteiger charge is -2.37. The normalized spacial score (nSPS) is 27.8. The predicted molar refractivity (Wildman–Crippen MR) is 71.7 cm³/mol. The van der Waals surface area contributed by atoms with Crippen LogP contribution >= 0.6 is 0 Å². The molecule has 1 aliphatic carbocycles. The summed E-state index contributed by atoms with van der Waals surface area (Å²) < 4.78 is 0. The highest BCUT2D eigenvalue weighted by atomic mass is 16.3. The summed E-state index contributed by atoms with van der Waals surface area (Å²) >= 11 is 0. The molecular formula is C15H22O3. The van der Waals surface area contributed by atoms with Crippen LogP contribution in [0.4, 0.5) is 0 Å². The highest BCUT2D eigenvalue weighted by Gasteiger charge is 2.37. The van der Waals surface area contributed by atoms with Crippen molar-refractivity contribution in [2.75, 3.05) is 6.61 Å². The van der Waals surface area contributed by atoms with Crippen molar-refractivity contribution in [2.24, 2.45) is 5.41 Å². The van der Waals surface area contributed by atoms with Gasteiger partial charge < -0.3 is 15.3 Å². The average Bonchev–Trinajstić information content (AvgIpc) is 2.25. The molecule has 3 nitrogen and oxygen atoms in total. The number of hydrogen-bond donors (Lipinski definition) is 3. The molecule has 0 aromatic rings. The smallest absolute Gasteiger partial charge is 0.102 e. The first-order valence-corrected chi connectivity index (χ1v) is 6.16. The first kappa shape index (κ1) is 15.0. The Balaban J connectivity index is 3.15. The van der Waals surface area contributed by atoms with Gasteiger partial charge in [-0.3, -0.25) is 0 Å². The fourth-order valence-corrected chi connectivity index (χ4v) is 2.32. The van der Waals surface area contributed by atoms with E-state index in [0.29, 0.717) is 6.42 Å². The third-order valence-corrected chi connectivity index (χ3v) is 3.38. The maximum absolute atomic E-state index is 9.89. The molecule has 1 aliphatic rings. The van der Waals surface area contributed by atoms with Gasteiger partial charge in [0.05, 0.1) is 12.7 Å². The molecule has 100 valence electrons. The Morgan fingerprint density at radius 3 is 2.61 bits per heavy atom. The van der Waals surface area contributed by atoms with E-state index in [9.17, 15) is 10.2 Å². The molecule has 18 heavy (non-hydrogen) atoms. The summed E-state index contributed by atoms with van der Waals surface area (Å²) in [6, 6.07) is 0. The van der Waals surface area contributed by atoms with E-state index in [2.05, 4.69) is 11.8 Å². The van der Waals surface area contributed by atoms with Crippen LogP contribution in [-0.2, 0) is 0 Å². The van der Waals surface area contributed by atoms with Crippen molar-refractivity contribution < 1.29 is 15.3 Å². The predicted octanol–water partition coefficient (Wildman–Crippen LogP) is 1.40. The Labute approximate surface area is 109 Å². The van der Waals surface area contributed by atoms with Gasteiger partial charge >= 0.3 is 0 Å². The van der Waals surface area contributed by atoms with Crippen LogP contribution in [0.25, 0.3) is 0 Å². The van der Waals surface area contributed by atoms with Gasteiger partial charge in [0.2, 0.25) is 0 Å². The monoisotopic (exact) mass is 250 g/mol. The number of aliphatic hydroxyl groups is 3. The lowest BCUT2D eigenvalue weighted by Crippen LogP contribution is -2.39. The Bertz CT molecular complexity index is 432. The van der Waals surface area contributed by atoms with Crippen molar-refractivity contribution in [3.63, 3.8) is 0 Å². The van der Waals surface area contributed by atoms with E-state index < -0.39 is 12.2 Å². The molecule has 0 fully saturated rings. The van der Waals surface area contributed by atoms with Gasteiger partial charge in [-0.05, 0) is 37.5 Å². The second-order valence-corrected chi connectivity index (χ2v) is 5.48. The van der Waals surface area contributed by atoms with Gasteiger partial charge in [0, 0.05) is 11.0 Å². The molecule has 1 rings (SSSR count). The second-order valence-electron chi connectivity index (χ2n) is 5.48. The van der Waals surface area contributed by atoms with Crippen LogP contribution in [0.5, 0.6) is 0 Å². The number of allylic oxidation sites excluding steroid dienone is 2. The van der Waals surface area contributed by atoms with E-state index >= 15 is 0 Å². The van der Waals surface area contributed by atoms with Crippen LogP contribution in [-0.4, -0.2) is 34.1 Å². The molecule has 2 atom stereocenters. The van der Waals surface area contributed by atoms with E-state index in [1.165, 1.54) is 0 Å². The minimum Gasteiger partial charge on any atom is -0.392 e. The first-order valence-electron chi connectivity index (χ1n) is 6.16. The van der Waals surface area contributed by atoms with Gasteiger partial charge in [0.1, 0.15) is 6.10 Å². The summed E-state index contributed by atoms with van der Waals surface area (Å²) in [6.07, 6.45) is 0.589. The van der Waals surface area contributed by atoms with Crippen LogP contribution in [0.3, 0.4) is 0 Å². The fourth-order valence-electron chi connectivity index (χ4n) is 2.32. The van der Waals surface area contributed by atoms with Crippen molar-refractivity contribution in [3.8, 4) is 11.8 Å². The second kappa shape index (κ2) is 5.71. The molecule has 0 bridgehead atoms. The van der Waals surface area contributed by atoms with E-state index in [1.807, 2.05) is 27.7 Å². The maximum Gasteiger partial charge on any atom is 0.102 e. The van der Waals surface area contributed by atoms with Gasteiger partial charge in [-0.1, -0.05) is 25.7 Å². The SMILES string of the molecule is CC(C#CC1=C(C)C(O)C(O)CC1(C)C)=CCO. The number of aliphatic hydroxyl groups excluding tert-OH is 3. The summed E-state index contributed by atoms with van der Waals surface area (Å²) in [7, 11) is 0. The molecule has 0 spiro atoms. The Hall–Kier alpha value is -1.08.